The third kappa shape index (κ3) is 3.92. The van der Waals surface area contributed by atoms with Crippen molar-refractivity contribution in [3.63, 3.8) is 0 Å². The number of ether oxygens (including phenoxy) is 1. The second-order valence-corrected chi connectivity index (χ2v) is 7.99. The van der Waals surface area contributed by atoms with Crippen molar-refractivity contribution in [3.05, 3.63) is 85.6 Å². The molecule has 158 valence electrons. The summed E-state index contributed by atoms with van der Waals surface area (Å²) >= 11 is 18.4. The van der Waals surface area contributed by atoms with Crippen LogP contribution < -0.4 is 11.1 Å². The number of nitrogens with zero attached hydrogens (tertiary/aromatic N) is 1. The van der Waals surface area contributed by atoms with E-state index in [0.29, 0.717) is 38.3 Å². The van der Waals surface area contributed by atoms with E-state index >= 15 is 0 Å². The number of nitrogens with two attached hydrogens (primary N) is 1. The molecule has 9 heteroatoms. The lowest BCUT2D eigenvalue weighted by atomic mass is 9.80. The van der Waals surface area contributed by atoms with Gasteiger partial charge in [0.2, 0.25) is 0 Å². The van der Waals surface area contributed by atoms with Crippen LogP contribution in [-0.4, -0.2) is 22.5 Å². The van der Waals surface area contributed by atoms with Crippen LogP contribution in [0.5, 0.6) is 0 Å². The number of carbonyl (C=O) groups is 1. The van der Waals surface area contributed by atoms with Gasteiger partial charge in [-0.3, -0.25) is 0 Å². The Bertz CT molecular complexity index is 1240. The van der Waals surface area contributed by atoms with Crippen LogP contribution in [-0.2, 0) is 9.53 Å². The molecule has 3 aromatic rings. The second kappa shape index (κ2) is 8.70. The number of esters is 1. The highest BCUT2D eigenvalue weighted by atomic mass is 35.5. The predicted molar refractivity (Wildman–Crippen MR) is 126 cm³/mol. The minimum Gasteiger partial charge on any atom is -0.463 e. The second-order valence-electron chi connectivity index (χ2n) is 6.79. The van der Waals surface area contributed by atoms with Crippen molar-refractivity contribution in [1.29, 1.82) is 0 Å². The predicted octanol–water partition coefficient (Wildman–Crippen LogP) is 5.56. The Balaban J connectivity index is 2.12. The number of carbonyl (C=O) groups excluding carboxylic acids is 1. The molecule has 0 fully saturated rings. The maximum atomic E-state index is 13.3. The van der Waals surface area contributed by atoms with E-state index in [1.165, 1.54) is 0 Å². The quantitative estimate of drug-likeness (QED) is 0.339. The lowest BCUT2D eigenvalue weighted by Crippen LogP contribution is -2.27. The number of fused-ring (bicyclic) bond motifs is 1. The van der Waals surface area contributed by atoms with E-state index in [4.69, 9.17) is 45.9 Å². The Hall–Kier alpha value is -2.87. The molecule has 31 heavy (non-hydrogen) atoms. The van der Waals surface area contributed by atoms with Gasteiger partial charge in [-0.1, -0.05) is 59.6 Å². The molecule has 1 aliphatic rings. The highest BCUT2D eigenvalue weighted by Gasteiger charge is 2.39. The summed E-state index contributed by atoms with van der Waals surface area (Å²) < 4.78 is 5.64. The van der Waals surface area contributed by atoms with Crippen molar-refractivity contribution in [2.75, 3.05) is 17.7 Å². The minimum atomic E-state index is -0.731. The van der Waals surface area contributed by atoms with Gasteiger partial charge in [-0.15, -0.1) is 0 Å². The zero-order chi connectivity index (χ0) is 22.1. The fourth-order valence-corrected chi connectivity index (χ4v) is 4.52. The average molecular weight is 473 g/mol. The third-order valence-electron chi connectivity index (χ3n) is 4.94. The summed E-state index contributed by atoms with van der Waals surface area (Å²) in [6, 6.07) is 14.6. The van der Waals surface area contributed by atoms with Gasteiger partial charge >= 0.3 is 5.97 Å². The molecule has 0 radical (unpaired) electrons. The van der Waals surface area contributed by atoms with E-state index in [0.717, 1.165) is 5.56 Å². The van der Waals surface area contributed by atoms with Gasteiger partial charge in [-0.2, -0.15) is 0 Å². The van der Waals surface area contributed by atoms with Gasteiger partial charge < -0.3 is 20.8 Å². The maximum absolute atomic E-state index is 13.3. The van der Waals surface area contributed by atoms with Crippen LogP contribution >= 0.6 is 35.4 Å². The molecule has 1 atom stereocenters. The van der Waals surface area contributed by atoms with Gasteiger partial charge in [0.15, 0.2) is 4.77 Å². The molecule has 0 saturated carbocycles. The highest BCUT2D eigenvalue weighted by molar-refractivity contribution is 7.71. The largest absolute Gasteiger partial charge is 0.463 e. The number of hydrogen-bond acceptors (Lipinski definition) is 6. The first-order chi connectivity index (χ1) is 14.9. The van der Waals surface area contributed by atoms with E-state index in [1.54, 1.807) is 25.1 Å². The van der Waals surface area contributed by atoms with Crippen molar-refractivity contribution in [2.24, 2.45) is 0 Å². The Morgan fingerprint density at radius 2 is 1.81 bits per heavy atom. The first kappa shape index (κ1) is 21.4. The normalized spacial score (nSPS) is 15.3. The molecule has 4 rings (SSSR count). The standard InChI is InChI=1S/C22H18Cl2N4O2S/c1-2-30-21(29)16-15(14-12(23)9-6-10-13(14)24)17-19(25)27-22(31)28-20(17)26-18(16)11-7-4-3-5-8-11/h3-10,15H,2H2,1H3,(H4,25,26,27,28,31). The molecule has 1 aliphatic heterocycles. The summed E-state index contributed by atoms with van der Waals surface area (Å²) in [4.78, 5) is 20.6. The Labute approximate surface area is 194 Å². The summed E-state index contributed by atoms with van der Waals surface area (Å²) in [7, 11) is 0. The van der Waals surface area contributed by atoms with Crippen molar-refractivity contribution in [1.82, 2.24) is 9.97 Å². The molecule has 0 bridgehead atoms. The van der Waals surface area contributed by atoms with Gasteiger partial charge in [0, 0.05) is 21.2 Å². The van der Waals surface area contributed by atoms with Crippen LogP contribution in [0, 0.1) is 4.77 Å². The average Bonchev–Trinajstić information content (AvgIpc) is 2.73. The minimum absolute atomic E-state index is 0.200. The molecule has 1 unspecified atom stereocenters. The topological polar surface area (TPSA) is 93.0 Å². The van der Waals surface area contributed by atoms with Gasteiger partial charge in [-0.05, 0) is 36.8 Å². The van der Waals surface area contributed by atoms with Crippen LogP contribution in [0.25, 0.3) is 5.70 Å². The van der Waals surface area contributed by atoms with Gasteiger partial charge in [-0.25, -0.2) is 9.78 Å². The summed E-state index contributed by atoms with van der Waals surface area (Å²) in [5.41, 5.74) is 9.00. The van der Waals surface area contributed by atoms with E-state index in [9.17, 15) is 4.79 Å². The fourth-order valence-electron chi connectivity index (χ4n) is 3.70. The molecule has 1 aromatic heterocycles. The number of nitrogen functional groups attached to an aromatic ring is 1. The van der Waals surface area contributed by atoms with Crippen molar-refractivity contribution >= 4 is 58.7 Å². The lowest BCUT2D eigenvalue weighted by molar-refractivity contribution is -0.138. The molecular formula is C22H18Cl2N4O2S. The number of halogens is 2. The number of nitrogens with one attached hydrogen (secondary N) is 2. The smallest absolute Gasteiger partial charge is 0.337 e. The van der Waals surface area contributed by atoms with Gasteiger partial charge in [0.25, 0.3) is 0 Å². The first-order valence-electron chi connectivity index (χ1n) is 9.49. The molecular weight excluding hydrogens is 455 g/mol. The molecule has 6 nitrogen and oxygen atoms in total. The van der Waals surface area contributed by atoms with Crippen molar-refractivity contribution in [2.45, 2.75) is 12.8 Å². The van der Waals surface area contributed by atoms with E-state index in [-0.39, 0.29) is 17.2 Å². The number of rotatable bonds is 4. The molecule has 0 aliphatic carbocycles. The van der Waals surface area contributed by atoms with Crippen LogP contribution in [0.15, 0.2) is 54.1 Å². The molecule has 0 spiro atoms. The highest BCUT2D eigenvalue weighted by Crippen LogP contribution is 2.49. The maximum Gasteiger partial charge on any atom is 0.337 e. The molecule has 4 N–H and O–H groups in total. The van der Waals surface area contributed by atoms with Crippen molar-refractivity contribution < 1.29 is 9.53 Å². The van der Waals surface area contributed by atoms with Crippen LogP contribution in [0.4, 0.5) is 11.6 Å². The molecule has 2 heterocycles. The Morgan fingerprint density at radius 3 is 2.45 bits per heavy atom. The monoisotopic (exact) mass is 472 g/mol. The SMILES string of the molecule is CCOC(=O)C1=C(c2ccccc2)Nc2nc(=S)[nH]c(N)c2C1c1c(Cl)cccc1Cl. The van der Waals surface area contributed by atoms with Gasteiger partial charge in [0.05, 0.1) is 23.8 Å². The number of aromatic nitrogens is 2. The number of hydrogen-bond donors (Lipinski definition) is 3. The number of benzene rings is 2. The van der Waals surface area contributed by atoms with E-state index in [2.05, 4.69) is 15.3 Å². The summed E-state index contributed by atoms with van der Waals surface area (Å²) in [5, 5.41) is 4.02. The van der Waals surface area contributed by atoms with Crippen LogP contribution in [0.1, 0.15) is 29.5 Å². The number of aromatic amines is 1. The number of H-pyrrole nitrogens is 1. The van der Waals surface area contributed by atoms with Crippen LogP contribution in [0.3, 0.4) is 0 Å². The molecule has 0 amide bonds. The summed E-state index contributed by atoms with van der Waals surface area (Å²) in [5.74, 6) is -0.556. The van der Waals surface area contributed by atoms with Crippen molar-refractivity contribution in [3.8, 4) is 0 Å². The fraction of sp³-hybridized carbons (Fsp3) is 0.136. The number of anilines is 2. The zero-order valence-electron chi connectivity index (χ0n) is 16.4. The van der Waals surface area contributed by atoms with E-state index < -0.39 is 11.9 Å². The Morgan fingerprint density at radius 1 is 1.13 bits per heavy atom. The Kier molecular flexibility index (Phi) is 6.00. The van der Waals surface area contributed by atoms with Crippen LogP contribution in [0.2, 0.25) is 10.0 Å². The summed E-state index contributed by atoms with van der Waals surface area (Å²) in [6.07, 6.45) is 0. The lowest BCUT2D eigenvalue weighted by Gasteiger charge is -2.32. The first-order valence-corrected chi connectivity index (χ1v) is 10.7. The third-order valence-corrected chi connectivity index (χ3v) is 5.79. The van der Waals surface area contributed by atoms with Gasteiger partial charge in [0.1, 0.15) is 11.6 Å². The zero-order valence-corrected chi connectivity index (χ0v) is 18.7. The summed E-state index contributed by atoms with van der Waals surface area (Å²) in [6.45, 7) is 1.95. The van der Waals surface area contributed by atoms with E-state index in [1.807, 2.05) is 30.3 Å². The molecule has 2 aromatic carbocycles. The molecule has 0 saturated heterocycles.